The van der Waals surface area contributed by atoms with Gasteiger partial charge in [-0.1, -0.05) is 0 Å². The van der Waals surface area contributed by atoms with Crippen LogP contribution >= 0.6 is 0 Å². The highest BCUT2D eigenvalue weighted by Crippen LogP contribution is 2.20. The SMILES string of the molecule is COc1ccc(C(=O)O)cc1CNC(=O)OC(C)(C)C. The third kappa shape index (κ3) is 4.79. The maximum Gasteiger partial charge on any atom is 0.407 e. The summed E-state index contributed by atoms with van der Waals surface area (Å²) in [6.07, 6.45) is -0.569. The van der Waals surface area contributed by atoms with E-state index in [9.17, 15) is 9.59 Å². The molecule has 2 N–H and O–H groups in total. The molecule has 6 nitrogen and oxygen atoms in total. The molecule has 0 atom stereocenters. The molecule has 20 heavy (non-hydrogen) atoms. The summed E-state index contributed by atoms with van der Waals surface area (Å²) < 4.78 is 10.2. The number of carbonyl (C=O) groups is 2. The van der Waals surface area contributed by atoms with E-state index in [1.165, 1.54) is 19.2 Å². The number of alkyl carbamates (subject to hydrolysis) is 1. The Morgan fingerprint density at radius 2 is 1.95 bits per heavy atom. The number of methoxy groups -OCH3 is 1. The van der Waals surface area contributed by atoms with Crippen molar-refractivity contribution in [1.82, 2.24) is 5.32 Å². The minimum atomic E-state index is -1.04. The van der Waals surface area contributed by atoms with Gasteiger partial charge in [0.1, 0.15) is 11.4 Å². The molecule has 0 heterocycles. The lowest BCUT2D eigenvalue weighted by atomic mass is 10.1. The second-order valence-corrected chi connectivity index (χ2v) is 5.19. The number of hydrogen-bond donors (Lipinski definition) is 2. The molecule has 6 heteroatoms. The van der Waals surface area contributed by atoms with Crippen molar-refractivity contribution in [2.75, 3.05) is 7.11 Å². The molecule has 1 amide bonds. The average Bonchev–Trinajstić information content (AvgIpc) is 2.33. The number of carboxylic acid groups (broad SMARTS) is 1. The van der Waals surface area contributed by atoms with E-state index in [1.807, 2.05) is 0 Å². The van der Waals surface area contributed by atoms with E-state index in [2.05, 4.69) is 5.32 Å². The van der Waals surface area contributed by atoms with Gasteiger partial charge >= 0.3 is 12.1 Å². The van der Waals surface area contributed by atoms with Gasteiger partial charge in [0, 0.05) is 12.1 Å². The molecule has 0 unspecified atom stereocenters. The van der Waals surface area contributed by atoms with Gasteiger partial charge in [-0.05, 0) is 39.0 Å². The van der Waals surface area contributed by atoms with Crippen molar-refractivity contribution < 1.29 is 24.2 Å². The Labute approximate surface area is 117 Å². The Morgan fingerprint density at radius 3 is 2.45 bits per heavy atom. The van der Waals surface area contributed by atoms with Crippen LogP contribution in [-0.2, 0) is 11.3 Å². The molecule has 0 aliphatic rings. The van der Waals surface area contributed by atoms with E-state index in [0.29, 0.717) is 11.3 Å². The Bertz CT molecular complexity index is 505. The van der Waals surface area contributed by atoms with Crippen LogP contribution in [0.1, 0.15) is 36.7 Å². The molecule has 0 radical (unpaired) electrons. The Balaban J connectivity index is 2.78. The molecule has 0 fully saturated rings. The van der Waals surface area contributed by atoms with Crippen molar-refractivity contribution in [3.8, 4) is 5.75 Å². The van der Waals surface area contributed by atoms with Crippen molar-refractivity contribution in [3.63, 3.8) is 0 Å². The van der Waals surface area contributed by atoms with Gasteiger partial charge in [-0.15, -0.1) is 0 Å². The zero-order chi connectivity index (χ0) is 15.3. The van der Waals surface area contributed by atoms with E-state index in [0.717, 1.165) is 0 Å². The molecule has 0 saturated carbocycles. The third-order valence-corrected chi connectivity index (χ3v) is 2.35. The van der Waals surface area contributed by atoms with Crippen molar-refractivity contribution in [3.05, 3.63) is 29.3 Å². The first-order valence-electron chi connectivity index (χ1n) is 6.10. The maximum atomic E-state index is 11.6. The van der Waals surface area contributed by atoms with Gasteiger partial charge < -0.3 is 19.9 Å². The summed E-state index contributed by atoms with van der Waals surface area (Å²) in [6.45, 7) is 5.41. The summed E-state index contributed by atoms with van der Waals surface area (Å²) in [5.41, 5.74) is 0.113. The Kier molecular flexibility index (Phi) is 4.96. The Hall–Kier alpha value is -2.24. The van der Waals surface area contributed by atoms with Crippen molar-refractivity contribution in [1.29, 1.82) is 0 Å². The maximum absolute atomic E-state index is 11.6. The predicted octanol–water partition coefficient (Wildman–Crippen LogP) is 2.42. The molecule has 0 aromatic heterocycles. The first kappa shape index (κ1) is 15.8. The summed E-state index contributed by atoms with van der Waals surface area (Å²) in [7, 11) is 1.48. The number of aromatic carboxylic acids is 1. The molecule has 0 bridgehead atoms. The number of carboxylic acids is 1. The summed E-state index contributed by atoms with van der Waals surface area (Å²) in [5.74, 6) is -0.530. The fourth-order valence-corrected chi connectivity index (χ4v) is 1.53. The van der Waals surface area contributed by atoms with Crippen LogP contribution < -0.4 is 10.1 Å². The van der Waals surface area contributed by atoms with Gasteiger partial charge in [0.2, 0.25) is 0 Å². The Morgan fingerprint density at radius 1 is 1.30 bits per heavy atom. The van der Waals surface area contributed by atoms with Crippen LogP contribution in [0.15, 0.2) is 18.2 Å². The zero-order valence-corrected chi connectivity index (χ0v) is 12.0. The fraction of sp³-hybridized carbons (Fsp3) is 0.429. The number of benzene rings is 1. The summed E-state index contributed by atoms with van der Waals surface area (Å²) >= 11 is 0. The largest absolute Gasteiger partial charge is 0.496 e. The summed E-state index contributed by atoms with van der Waals surface area (Å²) in [5, 5.41) is 11.5. The standard InChI is InChI=1S/C14H19NO5/c1-14(2,3)20-13(18)15-8-10-7-9(12(16)17)5-6-11(10)19-4/h5-7H,8H2,1-4H3,(H,15,18)(H,16,17). The van der Waals surface area contributed by atoms with Crippen LogP contribution in [0.4, 0.5) is 4.79 Å². The molecular formula is C14H19NO5. The first-order valence-corrected chi connectivity index (χ1v) is 6.10. The number of amides is 1. The van der Waals surface area contributed by atoms with E-state index < -0.39 is 17.7 Å². The quantitative estimate of drug-likeness (QED) is 0.885. The van der Waals surface area contributed by atoms with Crippen LogP contribution in [0.2, 0.25) is 0 Å². The molecule has 110 valence electrons. The highest BCUT2D eigenvalue weighted by molar-refractivity contribution is 5.88. The number of carbonyl (C=O) groups excluding carboxylic acids is 1. The lowest BCUT2D eigenvalue weighted by Gasteiger charge is -2.20. The lowest BCUT2D eigenvalue weighted by molar-refractivity contribution is 0.0523. The van der Waals surface area contributed by atoms with Gasteiger partial charge in [-0.25, -0.2) is 9.59 Å². The van der Waals surface area contributed by atoms with Gasteiger partial charge in [0.15, 0.2) is 0 Å². The van der Waals surface area contributed by atoms with Gasteiger partial charge in [-0.2, -0.15) is 0 Å². The normalized spacial score (nSPS) is 10.8. The minimum absolute atomic E-state index is 0.124. The summed E-state index contributed by atoms with van der Waals surface area (Å²) in [6, 6.07) is 4.45. The lowest BCUT2D eigenvalue weighted by Crippen LogP contribution is -2.32. The van der Waals surface area contributed by atoms with Crippen molar-refractivity contribution in [2.24, 2.45) is 0 Å². The number of ether oxygens (including phenoxy) is 2. The predicted molar refractivity (Wildman–Crippen MR) is 73.0 cm³/mol. The smallest absolute Gasteiger partial charge is 0.407 e. The minimum Gasteiger partial charge on any atom is -0.496 e. The topological polar surface area (TPSA) is 84.9 Å². The third-order valence-electron chi connectivity index (χ3n) is 2.35. The summed E-state index contributed by atoms with van der Waals surface area (Å²) in [4.78, 5) is 22.5. The van der Waals surface area contributed by atoms with Gasteiger partial charge in [0.25, 0.3) is 0 Å². The molecule has 1 rings (SSSR count). The molecule has 0 aliphatic heterocycles. The van der Waals surface area contributed by atoms with Crippen LogP contribution in [0, 0.1) is 0 Å². The van der Waals surface area contributed by atoms with E-state index in [4.69, 9.17) is 14.6 Å². The highest BCUT2D eigenvalue weighted by atomic mass is 16.6. The van der Waals surface area contributed by atoms with Gasteiger partial charge in [0.05, 0.1) is 12.7 Å². The van der Waals surface area contributed by atoms with Crippen LogP contribution in [-0.4, -0.2) is 29.9 Å². The van der Waals surface area contributed by atoms with Gasteiger partial charge in [-0.3, -0.25) is 0 Å². The second-order valence-electron chi connectivity index (χ2n) is 5.19. The highest BCUT2D eigenvalue weighted by Gasteiger charge is 2.16. The van der Waals surface area contributed by atoms with Crippen LogP contribution in [0.3, 0.4) is 0 Å². The number of rotatable bonds is 4. The molecule has 1 aromatic carbocycles. The average molecular weight is 281 g/mol. The monoisotopic (exact) mass is 281 g/mol. The number of hydrogen-bond acceptors (Lipinski definition) is 4. The van der Waals surface area contributed by atoms with Crippen LogP contribution in [0.5, 0.6) is 5.75 Å². The zero-order valence-electron chi connectivity index (χ0n) is 12.0. The molecule has 0 spiro atoms. The van der Waals surface area contributed by atoms with E-state index >= 15 is 0 Å². The molecule has 1 aromatic rings. The number of nitrogens with one attached hydrogen (secondary N) is 1. The molecular weight excluding hydrogens is 262 g/mol. The van der Waals surface area contributed by atoms with Crippen LogP contribution in [0.25, 0.3) is 0 Å². The van der Waals surface area contributed by atoms with E-state index in [1.54, 1.807) is 26.8 Å². The fourth-order valence-electron chi connectivity index (χ4n) is 1.53. The molecule has 0 aliphatic carbocycles. The first-order chi connectivity index (χ1) is 9.23. The van der Waals surface area contributed by atoms with Crippen molar-refractivity contribution in [2.45, 2.75) is 32.9 Å². The second kappa shape index (κ2) is 6.27. The molecule has 0 saturated heterocycles. The van der Waals surface area contributed by atoms with E-state index in [-0.39, 0.29) is 12.1 Å². The van der Waals surface area contributed by atoms with Crippen molar-refractivity contribution >= 4 is 12.1 Å².